The first-order valence-corrected chi connectivity index (χ1v) is 10.4. The van der Waals surface area contributed by atoms with E-state index in [1.165, 1.54) is 0 Å². The fourth-order valence-electron chi connectivity index (χ4n) is 4.06. The van der Waals surface area contributed by atoms with Gasteiger partial charge in [0.05, 0.1) is 29.8 Å². The lowest BCUT2D eigenvalue weighted by Crippen LogP contribution is -2.40. The molecule has 0 radical (unpaired) electrons. The molecule has 1 aliphatic rings. The second kappa shape index (κ2) is 9.63. The molecule has 1 saturated heterocycles. The van der Waals surface area contributed by atoms with Gasteiger partial charge in [-0.25, -0.2) is 0 Å². The molecular weight excluding hydrogens is 441 g/mol. The van der Waals surface area contributed by atoms with Crippen LogP contribution in [0.4, 0.5) is 24.5 Å². The van der Waals surface area contributed by atoms with E-state index in [0.717, 1.165) is 29.0 Å². The molecule has 11 heteroatoms. The maximum Gasteiger partial charge on any atom is 0.416 e. The first-order chi connectivity index (χ1) is 15.5. The van der Waals surface area contributed by atoms with Crippen LogP contribution in [0.5, 0.6) is 5.75 Å². The van der Waals surface area contributed by atoms with E-state index in [-0.39, 0.29) is 24.1 Å². The van der Waals surface area contributed by atoms with Crippen molar-refractivity contribution in [2.75, 3.05) is 25.1 Å². The lowest BCUT2D eigenvalue weighted by molar-refractivity contribution is -0.384. The van der Waals surface area contributed by atoms with Crippen LogP contribution in [0.15, 0.2) is 24.4 Å². The Morgan fingerprint density at radius 2 is 1.97 bits per heavy atom. The number of piperidine rings is 1. The molecule has 8 nitrogen and oxygen atoms in total. The molecule has 0 atom stereocenters. The number of nitro benzene ring substituents is 1. The van der Waals surface area contributed by atoms with Crippen molar-refractivity contribution in [1.29, 1.82) is 0 Å². The Bertz CT molecular complexity index is 1050. The van der Waals surface area contributed by atoms with E-state index in [4.69, 9.17) is 4.74 Å². The number of nitrogens with one attached hydrogen (secondary N) is 1. The largest absolute Gasteiger partial charge is 0.496 e. The van der Waals surface area contributed by atoms with E-state index in [9.17, 15) is 28.1 Å². The van der Waals surface area contributed by atoms with E-state index >= 15 is 0 Å². The van der Waals surface area contributed by atoms with Gasteiger partial charge in [-0.3, -0.25) is 19.9 Å². The quantitative estimate of drug-likeness (QED) is 0.507. The van der Waals surface area contributed by atoms with Crippen LogP contribution in [-0.2, 0) is 17.5 Å². The number of anilines is 1. The van der Waals surface area contributed by atoms with Gasteiger partial charge in [0, 0.05) is 42.4 Å². The number of pyridine rings is 1. The molecule has 1 aromatic heterocycles. The summed E-state index contributed by atoms with van der Waals surface area (Å²) in [6.45, 7) is 4.64. The van der Waals surface area contributed by atoms with Crippen molar-refractivity contribution in [3.05, 3.63) is 56.9 Å². The summed E-state index contributed by atoms with van der Waals surface area (Å²) < 4.78 is 44.2. The minimum Gasteiger partial charge on any atom is -0.496 e. The van der Waals surface area contributed by atoms with Crippen LogP contribution in [0, 0.1) is 29.9 Å². The molecule has 33 heavy (non-hydrogen) atoms. The molecule has 2 heterocycles. The van der Waals surface area contributed by atoms with Crippen LogP contribution < -0.4 is 15.0 Å². The summed E-state index contributed by atoms with van der Waals surface area (Å²) >= 11 is 0. The number of hydrogen-bond donors (Lipinski definition) is 1. The smallest absolute Gasteiger partial charge is 0.416 e. The van der Waals surface area contributed by atoms with E-state index in [1.54, 1.807) is 18.2 Å². The molecule has 1 amide bonds. The average Bonchev–Trinajstić information content (AvgIpc) is 2.77. The Hall–Kier alpha value is -3.37. The highest BCUT2D eigenvalue weighted by Gasteiger charge is 2.35. The first-order valence-electron chi connectivity index (χ1n) is 10.4. The summed E-state index contributed by atoms with van der Waals surface area (Å²) in [5.41, 5.74) is 0.908. The predicted octanol–water partition coefficient (Wildman–Crippen LogP) is 4.17. The van der Waals surface area contributed by atoms with Gasteiger partial charge < -0.3 is 15.0 Å². The summed E-state index contributed by atoms with van der Waals surface area (Å²) in [7, 11) is 1.58. The summed E-state index contributed by atoms with van der Waals surface area (Å²) in [5.74, 6) is 0.264. The Kier molecular flexibility index (Phi) is 7.09. The fourth-order valence-corrected chi connectivity index (χ4v) is 4.06. The molecule has 1 N–H and O–H groups in total. The minimum absolute atomic E-state index is 0.124. The number of rotatable bonds is 6. The second-order valence-corrected chi connectivity index (χ2v) is 7.98. The van der Waals surface area contributed by atoms with Gasteiger partial charge in [0.1, 0.15) is 11.4 Å². The summed E-state index contributed by atoms with van der Waals surface area (Å²) in [6.07, 6.45) is -2.13. The van der Waals surface area contributed by atoms with Crippen LogP contribution in [-0.4, -0.2) is 36.0 Å². The van der Waals surface area contributed by atoms with E-state index < -0.39 is 22.4 Å². The van der Waals surface area contributed by atoms with Gasteiger partial charge in [-0.05, 0) is 38.8 Å². The van der Waals surface area contributed by atoms with Gasteiger partial charge in [0.15, 0.2) is 0 Å². The van der Waals surface area contributed by atoms with Crippen LogP contribution in [0.1, 0.15) is 35.2 Å². The number of benzene rings is 1. The fraction of sp³-hybridized carbons (Fsp3) is 0.455. The number of carbonyl (C=O) groups excluding carboxylic acids is 1. The van der Waals surface area contributed by atoms with Crippen molar-refractivity contribution >= 4 is 17.3 Å². The third kappa shape index (κ3) is 5.35. The van der Waals surface area contributed by atoms with E-state index in [2.05, 4.69) is 10.3 Å². The standard InChI is InChI=1S/C22H25F3N4O4/c1-13-11-26-17(14(2)20(13)33-3)12-27-21(30)15-6-8-28(9-7-15)18-5-4-16(22(23,24)25)10-19(18)29(31)32/h4-5,10-11,15H,6-9,12H2,1-3H3,(H,27,30). The highest BCUT2D eigenvalue weighted by Crippen LogP contribution is 2.37. The molecule has 0 bridgehead atoms. The summed E-state index contributed by atoms with van der Waals surface area (Å²) in [5, 5.41) is 14.2. The predicted molar refractivity (Wildman–Crippen MR) is 115 cm³/mol. The van der Waals surface area contributed by atoms with Crippen molar-refractivity contribution in [1.82, 2.24) is 10.3 Å². The van der Waals surface area contributed by atoms with Gasteiger partial charge in [0.25, 0.3) is 5.69 Å². The number of aromatic nitrogens is 1. The van der Waals surface area contributed by atoms with Gasteiger partial charge in [-0.1, -0.05) is 0 Å². The number of nitro groups is 1. The Labute approximate surface area is 188 Å². The lowest BCUT2D eigenvalue weighted by Gasteiger charge is -2.32. The molecule has 178 valence electrons. The number of methoxy groups -OCH3 is 1. The number of hydrogen-bond acceptors (Lipinski definition) is 6. The van der Waals surface area contributed by atoms with Crippen molar-refractivity contribution < 1.29 is 27.6 Å². The Morgan fingerprint density at radius 1 is 1.30 bits per heavy atom. The van der Waals surface area contributed by atoms with Crippen LogP contribution in [0.3, 0.4) is 0 Å². The Balaban J connectivity index is 1.63. The van der Waals surface area contributed by atoms with Crippen LogP contribution in [0.2, 0.25) is 0 Å². The molecule has 1 fully saturated rings. The van der Waals surface area contributed by atoms with Crippen molar-refractivity contribution in [2.24, 2.45) is 5.92 Å². The number of aryl methyl sites for hydroxylation is 1. The molecule has 2 aromatic rings. The summed E-state index contributed by atoms with van der Waals surface area (Å²) in [4.78, 5) is 29.2. The molecular formula is C22H25F3N4O4. The Morgan fingerprint density at radius 3 is 2.55 bits per heavy atom. The van der Waals surface area contributed by atoms with Gasteiger partial charge in [0.2, 0.25) is 5.91 Å². The molecule has 0 unspecified atom stereocenters. The van der Waals surface area contributed by atoms with Crippen molar-refractivity contribution in [3.8, 4) is 5.75 Å². The SMILES string of the molecule is COc1c(C)cnc(CNC(=O)C2CCN(c3ccc(C(F)(F)F)cc3[N+](=O)[O-])CC2)c1C. The van der Waals surface area contributed by atoms with Crippen LogP contribution in [0.25, 0.3) is 0 Å². The summed E-state index contributed by atoms with van der Waals surface area (Å²) in [6, 6.07) is 2.52. The molecule has 0 saturated carbocycles. The molecule has 1 aliphatic heterocycles. The highest BCUT2D eigenvalue weighted by molar-refractivity contribution is 5.79. The van der Waals surface area contributed by atoms with Crippen molar-refractivity contribution in [2.45, 2.75) is 39.4 Å². The number of amides is 1. The lowest BCUT2D eigenvalue weighted by atomic mass is 9.95. The topological polar surface area (TPSA) is 97.6 Å². The zero-order chi connectivity index (χ0) is 24.3. The number of alkyl halides is 3. The van der Waals surface area contributed by atoms with Gasteiger partial charge in [-0.15, -0.1) is 0 Å². The number of nitrogens with zero attached hydrogens (tertiary/aromatic N) is 3. The number of halogens is 3. The maximum absolute atomic E-state index is 12.9. The van der Waals surface area contributed by atoms with E-state index in [0.29, 0.717) is 37.7 Å². The number of carbonyl (C=O) groups is 1. The van der Waals surface area contributed by atoms with E-state index in [1.807, 2.05) is 13.8 Å². The zero-order valence-corrected chi connectivity index (χ0v) is 18.5. The monoisotopic (exact) mass is 466 g/mol. The van der Waals surface area contributed by atoms with Gasteiger partial charge in [-0.2, -0.15) is 13.2 Å². The normalized spacial score (nSPS) is 14.8. The first kappa shape index (κ1) is 24.3. The number of ether oxygens (including phenoxy) is 1. The van der Waals surface area contributed by atoms with Gasteiger partial charge >= 0.3 is 6.18 Å². The highest BCUT2D eigenvalue weighted by atomic mass is 19.4. The molecule has 0 spiro atoms. The molecule has 1 aromatic carbocycles. The second-order valence-electron chi connectivity index (χ2n) is 7.98. The maximum atomic E-state index is 12.9. The van der Waals surface area contributed by atoms with Crippen LogP contribution >= 0.6 is 0 Å². The third-order valence-electron chi connectivity index (χ3n) is 5.89. The molecule has 0 aliphatic carbocycles. The average molecular weight is 466 g/mol. The minimum atomic E-state index is -4.66. The zero-order valence-electron chi connectivity index (χ0n) is 18.5. The van der Waals surface area contributed by atoms with Crippen molar-refractivity contribution in [3.63, 3.8) is 0 Å². The molecule has 3 rings (SSSR count). The third-order valence-corrected chi connectivity index (χ3v) is 5.89.